The maximum atomic E-state index is 12.4. The Morgan fingerprint density at radius 1 is 1.00 bits per heavy atom. The number of hydrogen-bond acceptors (Lipinski definition) is 2. The van der Waals surface area contributed by atoms with Crippen molar-refractivity contribution >= 4 is 11.8 Å². The Kier molecular flexibility index (Phi) is 5.31. The van der Waals surface area contributed by atoms with Crippen LogP contribution in [0.3, 0.4) is 0 Å². The number of carbonyl (C=O) groups excluding carboxylic acids is 2. The lowest BCUT2D eigenvalue weighted by Crippen LogP contribution is -2.43. The van der Waals surface area contributed by atoms with E-state index in [4.69, 9.17) is 0 Å². The predicted molar refractivity (Wildman–Crippen MR) is 92.5 cm³/mol. The summed E-state index contributed by atoms with van der Waals surface area (Å²) in [6, 6.07) is 13.3. The summed E-state index contributed by atoms with van der Waals surface area (Å²) in [5.41, 5.74) is 0.715. The van der Waals surface area contributed by atoms with E-state index in [2.05, 4.69) is 5.32 Å². The second-order valence-corrected chi connectivity index (χ2v) is 6.14. The molecular weight excluding hydrogens is 302 g/mol. The van der Waals surface area contributed by atoms with E-state index in [1.807, 2.05) is 64.3 Å². The summed E-state index contributed by atoms with van der Waals surface area (Å²) >= 11 is 0. The maximum Gasteiger partial charge on any atom is 0.253 e. The monoisotopic (exact) mass is 325 g/mol. The van der Waals surface area contributed by atoms with Crippen LogP contribution < -0.4 is 5.32 Å². The van der Waals surface area contributed by atoms with E-state index in [0.29, 0.717) is 25.2 Å². The third kappa shape index (κ3) is 4.04. The largest absolute Gasteiger partial charge is 0.354 e. The summed E-state index contributed by atoms with van der Waals surface area (Å²) in [5, 5.41) is 3.00. The van der Waals surface area contributed by atoms with Gasteiger partial charge in [-0.05, 0) is 37.1 Å². The number of benzene rings is 1. The summed E-state index contributed by atoms with van der Waals surface area (Å²) in [7, 11) is 0. The number of nitrogens with zero attached hydrogens (tertiary/aromatic N) is 2. The minimum absolute atomic E-state index is 0.00878. The normalized spacial score (nSPS) is 15.2. The van der Waals surface area contributed by atoms with Gasteiger partial charge in [-0.2, -0.15) is 0 Å². The average Bonchev–Trinajstić information content (AvgIpc) is 3.15. The minimum atomic E-state index is 0.00878. The second-order valence-electron chi connectivity index (χ2n) is 6.14. The summed E-state index contributed by atoms with van der Waals surface area (Å²) in [6.45, 7) is 2.70. The molecule has 3 rings (SSSR count). The summed E-state index contributed by atoms with van der Waals surface area (Å²) in [6.07, 6.45) is 5.43. The van der Waals surface area contributed by atoms with Crippen molar-refractivity contribution in [3.8, 4) is 0 Å². The number of likely N-dealkylation sites (tertiary alicyclic amines) is 1. The van der Waals surface area contributed by atoms with Gasteiger partial charge < -0.3 is 14.8 Å². The van der Waals surface area contributed by atoms with Crippen LogP contribution in [0.25, 0.3) is 0 Å². The van der Waals surface area contributed by atoms with Crippen LogP contribution in [0.15, 0.2) is 54.9 Å². The molecule has 0 aliphatic carbocycles. The zero-order valence-electron chi connectivity index (χ0n) is 13.7. The summed E-state index contributed by atoms with van der Waals surface area (Å²) in [5.74, 6) is 0.172. The molecule has 2 amide bonds. The van der Waals surface area contributed by atoms with Crippen LogP contribution in [-0.2, 0) is 11.3 Å². The Labute approximate surface area is 142 Å². The molecule has 1 fully saturated rings. The van der Waals surface area contributed by atoms with Gasteiger partial charge in [-0.15, -0.1) is 0 Å². The fourth-order valence-electron chi connectivity index (χ4n) is 3.08. The molecule has 1 aliphatic rings. The number of carbonyl (C=O) groups is 2. The van der Waals surface area contributed by atoms with Gasteiger partial charge in [-0.3, -0.25) is 9.59 Å². The standard InChI is InChI=1S/C19H23N3O2/c23-18(20-10-15-21-11-4-5-12-21)16-8-13-22(14-9-16)19(24)17-6-2-1-3-7-17/h1-7,11-12,16H,8-10,13-15H2,(H,20,23). The van der Waals surface area contributed by atoms with E-state index in [1.54, 1.807) is 0 Å². The van der Waals surface area contributed by atoms with Crippen LogP contribution in [0, 0.1) is 5.92 Å². The highest BCUT2D eigenvalue weighted by atomic mass is 16.2. The third-order valence-electron chi connectivity index (χ3n) is 4.51. The van der Waals surface area contributed by atoms with Crippen molar-refractivity contribution in [2.75, 3.05) is 19.6 Å². The SMILES string of the molecule is O=C(NCCn1cccc1)C1CCN(C(=O)c2ccccc2)CC1. The van der Waals surface area contributed by atoms with Crippen LogP contribution in [0.4, 0.5) is 0 Å². The average molecular weight is 325 g/mol. The molecule has 2 heterocycles. The molecule has 1 aliphatic heterocycles. The van der Waals surface area contributed by atoms with Crippen LogP contribution in [0.2, 0.25) is 0 Å². The van der Waals surface area contributed by atoms with Crippen molar-refractivity contribution in [2.45, 2.75) is 19.4 Å². The van der Waals surface area contributed by atoms with Gasteiger partial charge in [0.05, 0.1) is 0 Å². The Morgan fingerprint density at radius 3 is 2.33 bits per heavy atom. The van der Waals surface area contributed by atoms with Gasteiger partial charge >= 0.3 is 0 Å². The van der Waals surface area contributed by atoms with Gasteiger partial charge in [-0.25, -0.2) is 0 Å². The van der Waals surface area contributed by atoms with E-state index >= 15 is 0 Å². The second kappa shape index (κ2) is 7.81. The zero-order chi connectivity index (χ0) is 16.8. The van der Waals surface area contributed by atoms with E-state index in [9.17, 15) is 9.59 Å². The molecule has 2 aromatic rings. The topological polar surface area (TPSA) is 54.3 Å². The Hall–Kier alpha value is -2.56. The molecule has 24 heavy (non-hydrogen) atoms. The molecule has 0 saturated carbocycles. The molecule has 0 bridgehead atoms. The van der Waals surface area contributed by atoms with Gasteiger partial charge in [0.2, 0.25) is 5.91 Å². The molecule has 0 radical (unpaired) electrons. The highest BCUT2D eigenvalue weighted by molar-refractivity contribution is 5.94. The number of hydrogen-bond donors (Lipinski definition) is 1. The fraction of sp³-hybridized carbons (Fsp3) is 0.368. The lowest BCUT2D eigenvalue weighted by Gasteiger charge is -2.31. The highest BCUT2D eigenvalue weighted by Crippen LogP contribution is 2.19. The van der Waals surface area contributed by atoms with E-state index < -0.39 is 0 Å². The first-order valence-electron chi connectivity index (χ1n) is 8.47. The van der Waals surface area contributed by atoms with Gasteiger partial charge in [0.25, 0.3) is 5.91 Å². The number of piperidine rings is 1. The first-order valence-corrected chi connectivity index (χ1v) is 8.47. The molecule has 0 spiro atoms. The van der Waals surface area contributed by atoms with Crippen LogP contribution in [0.5, 0.6) is 0 Å². The molecule has 5 nitrogen and oxygen atoms in total. The van der Waals surface area contributed by atoms with Crippen LogP contribution >= 0.6 is 0 Å². The molecule has 5 heteroatoms. The number of nitrogens with one attached hydrogen (secondary N) is 1. The van der Waals surface area contributed by atoms with Gasteiger partial charge in [0, 0.05) is 50.1 Å². The van der Waals surface area contributed by atoms with Crippen molar-refractivity contribution in [3.05, 3.63) is 60.4 Å². The van der Waals surface area contributed by atoms with E-state index in [1.165, 1.54) is 0 Å². The number of aromatic nitrogens is 1. The van der Waals surface area contributed by atoms with Crippen molar-refractivity contribution in [3.63, 3.8) is 0 Å². The molecule has 126 valence electrons. The molecule has 0 atom stereocenters. The summed E-state index contributed by atoms with van der Waals surface area (Å²) in [4.78, 5) is 26.5. The van der Waals surface area contributed by atoms with Gasteiger partial charge in [0.15, 0.2) is 0 Å². The molecule has 1 saturated heterocycles. The van der Waals surface area contributed by atoms with Crippen molar-refractivity contribution in [1.82, 2.24) is 14.8 Å². The molecule has 1 aromatic heterocycles. The highest BCUT2D eigenvalue weighted by Gasteiger charge is 2.27. The lowest BCUT2D eigenvalue weighted by molar-refractivity contribution is -0.126. The zero-order valence-corrected chi connectivity index (χ0v) is 13.7. The quantitative estimate of drug-likeness (QED) is 0.916. The third-order valence-corrected chi connectivity index (χ3v) is 4.51. The minimum Gasteiger partial charge on any atom is -0.354 e. The van der Waals surface area contributed by atoms with Crippen molar-refractivity contribution < 1.29 is 9.59 Å². The van der Waals surface area contributed by atoms with Crippen LogP contribution in [-0.4, -0.2) is 40.9 Å². The molecule has 1 aromatic carbocycles. The Morgan fingerprint density at radius 2 is 1.67 bits per heavy atom. The first-order chi connectivity index (χ1) is 11.7. The van der Waals surface area contributed by atoms with Gasteiger partial charge in [-0.1, -0.05) is 18.2 Å². The van der Waals surface area contributed by atoms with Crippen molar-refractivity contribution in [1.29, 1.82) is 0 Å². The predicted octanol–water partition coefficient (Wildman–Crippen LogP) is 2.16. The van der Waals surface area contributed by atoms with E-state index in [0.717, 1.165) is 19.4 Å². The number of amides is 2. The Balaban J connectivity index is 1.43. The van der Waals surface area contributed by atoms with Crippen molar-refractivity contribution in [2.24, 2.45) is 5.92 Å². The smallest absolute Gasteiger partial charge is 0.253 e. The Bertz CT molecular complexity index is 659. The lowest BCUT2D eigenvalue weighted by atomic mass is 9.95. The fourth-order valence-corrected chi connectivity index (χ4v) is 3.08. The molecule has 1 N–H and O–H groups in total. The van der Waals surface area contributed by atoms with E-state index in [-0.39, 0.29) is 17.7 Å². The summed E-state index contributed by atoms with van der Waals surface area (Å²) < 4.78 is 2.04. The molecule has 0 unspecified atom stereocenters. The maximum absolute atomic E-state index is 12.4. The number of rotatable bonds is 5. The molecular formula is C19H23N3O2. The van der Waals surface area contributed by atoms with Crippen LogP contribution in [0.1, 0.15) is 23.2 Å². The first kappa shape index (κ1) is 16.3. The van der Waals surface area contributed by atoms with Gasteiger partial charge in [0.1, 0.15) is 0 Å².